The minimum Gasteiger partial charge on any atom is -0.355 e. The Morgan fingerprint density at radius 3 is 2.59 bits per heavy atom. The number of nitrogens with one attached hydrogen (secondary N) is 2. The molecular weight excluding hydrogens is 384 g/mol. The molecule has 22 heavy (non-hydrogen) atoms. The molecule has 116 valence electrons. The number of anilines is 1. The Hall–Kier alpha value is -1.18. The van der Waals surface area contributed by atoms with Crippen LogP contribution in [0, 0.1) is 0 Å². The molecule has 2 aromatic heterocycles. The Morgan fingerprint density at radius 1 is 1.14 bits per heavy atom. The Kier molecular flexibility index (Phi) is 4.65. The molecule has 2 aromatic rings. The zero-order valence-electron chi connectivity index (χ0n) is 12.0. The third kappa shape index (κ3) is 2.98. The molecule has 0 radical (unpaired) electrons. The summed E-state index contributed by atoms with van der Waals surface area (Å²) < 4.78 is 0.912. The van der Waals surface area contributed by atoms with E-state index in [0.717, 1.165) is 35.0 Å². The summed E-state index contributed by atoms with van der Waals surface area (Å²) >= 11 is 6.27. The van der Waals surface area contributed by atoms with E-state index in [4.69, 9.17) is 0 Å². The molecule has 0 aliphatic heterocycles. The number of fused-ring (bicyclic) bond motifs is 1. The van der Waals surface area contributed by atoms with E-state index in [9.17, 15) is 9.59 Å². The molecule has 0 spiro atoms. The molecule has 1 aliphatic carbocycles. The molecule has 2 amide bonds. The van der Waals surface area contributed by atoms with Crippen LogP contribution in [-0.2, 0) is 12.8 Å². The fourth-order valence-electron chi connectivity index (χ4n) is 2.62. The highest BCUT2D eigenvalue weighted by Gasteiger charge is 2.26. The zero-order chi connectivity index (χ0) is 15.7. The van der Waals surface area contributed by atoms with Crippen LogP contribution in [0.15, 0.2) is 15.9 Å². The number of hydrogen-bond donors (Lipinski definition) is 2. The quantitative estimate of drug-likeness (QED) is 0.818. The van der Waals surface area contributed by atoms with Crippen molar-refractivity contribution >= 4 is 55.4 Å². The second-order valence-corrected chi connectivity index (χ2v) is 8.62. The average molecular weight is 399 g/mol. The van der Waals surface area contributed by atoms with Gasteiger partial charge in [0, 0.05) is 11.9 Å². The van der Waals surface area contributed by atoms with Gasteiger partial charge in [-0.25, -0.2) is 0 Å². The molecule has 3 rings (SSSR count). The Labute approximate surface area is 145 Å². The third-order valence-electron chi connectivity index (χ3n) is 3.65. The van der Waals surface area contributed by atoms with Crippen LogP contribution in [0.5, 0.6) is 0 Å². The third-order valence-corrected chi connectivity index (χ3v) is 6.48. The van der Waals surface area contributed by atoms with E-state index in [1.807, 2.05) is 6.07 Å². The Bertz CT molecular complexity index is 736. The van der Waals surface area contributed by atoms with Crippen molar-refractivity contribution in [3.05, 3.63) is 36.8 Å². The van der Waals surface area contributed by atoms with Crippen LogP contribution >= 0.6 is 38.6 Å². The molecule has 2 heterocycles. The monoisotopic (exact) mass is 398 g/mol. The molecule has 0 saturated heterocycles. The first-order valence-corrected chi connectivity index (χ1v) is 9.46. The van der Waals surface area contributed by atoms with Gasteiger partial charge in [-0.15, -0.1) is 22.7 Å². The summed E-state index contributed by atoms with van der Waals surface area (Å²) in [6.45, 7) is 0. The number of hydrogen-bond acceptors (Lipinski definition) is 4. The normalized spacial score (nSPS) is 13.5. The number of carbonyl (C=O) groups excluding carboxylic acids is 2. The molecule has 0 atom stereocenters. The lowest BCUT2D eigenvalue weighted by molar-refractivity contribution is 0.0963. The predicted molar refractivity (Wildman–Crippen MR) is 94.3 cm³/mol. The second-order valence-electron chi connectivity index (χ2n) is 5.05. The first kappa shape index (κ1) is 15.7. The number of halogens is 1. The van der Waals surface area contributed by atoms with Crippen LogP contribution in [0.3, 0.4) is 0 Å². The van der Waals surface area contributed by atoms with Crippen LogP contribution in [0.2, 0.25) is 0 Å². The molecule has 0 unspecified atom stereocenters. The highest BCUT2D eigenvalue weighted by molar-refractivity contribution is 9.11. The van der Waals surface area contributed by atoms with Crippen molar-refractivity contribution in [1.82, 2.24) is 5.32 Å². The molecule has 0 bridgehead atoms. The van der Waals surface area contributed by atoms with Gasteiger partial charge in [0.2, 0.25) is 0 Å². The molecule has 4 nitrogen and oxygen atoms in total. The highest BCUT2D eigenvalue weighted by atomic mass is 79.9. The molecule has 7 heteroatoms. The van der Waals surface area contributed by atoms with Gasteiger partial charge < -0.3 is 10.6 Å². The molecule has 1 aliphatic rings. The fraction of sp³-hybridized carbons (Fsp3) is 0.333. The van der Waals surface area contributed by atoms with E-state index in [2.05, 4.69) is 26.6 Å². The van der Waals surface area contributed by atoms with Gasteiger partial charge in [-0.2, -0.15) is 0 Å². The molecule has 0 fully saturated rings. The van der Waals surface area contributed by atoms with Gasteiger partial charge in [0.05, 0.1) is 14.2 Å². The van der Waals surface area contributed by atoms with Gasteiger partial charge in [0.25, 0.3) is 11.8 Å². The number of rotatable bonds is 3. The van der Waals surface area contributed by atoms with E-state index in [-0.39, 0.29) is 11.8 Å². The molecule has 2 N–H and O–H groups in total. The van der Waals surface area contributed by atoms with Crippen LogP contribution in [0.4, 0.5) is 5.00 Å². The maximum atomic E-state index is 12.4. The predicted octanol–water partition coefficient (Wildman–Crippen LogP) is 4.06. The van der Waals surface area contributed by atoms with Crippen molar-refractivity contribution < 1.29 is 9.59 Å². The molecular formula is C15H15BrN2O2S2. The summed E-state index contributed by atoms with van der Waals surface area (Å²) in [5, 5.41) is 6.27. The number of thiophene rings is 2. The largest absolute Gasteiger partial charge is 0.355 e. The van der Waals surface area contributed by atoms with Gasteiger partial charge >= 0.3 is 0 Å². The van der Waals surface area contributed by atoms with Gasteiger partial charge in [-0.3, -0.25) is 9.59 Å². The first-order chi connectivity index (χ1) is 10.6. The number of carbonyl (C=O) groups is 2. The van der Waals surface area contributed by atoms with Crippen molar-refractivity contribution in [1.29, 1.82) is 0 Å². The summed E-state index contributed by atoms with van der Waals surface area (Å²) in [5.41, 5.74) is 1.75. The maximum absolute atomic E-state index is 12.4. The lowest BCUT2D eigenvalue weighted by Gasteiger charge is -2.12. The van der Waals surface area contributed by atoms with Gasteiger partial charge in [0.1, 0.15) is 5.00 Å². The lowest BCUT2D eigenvalue weighted by atomic mass is 9.95. The second kappa shape index (κ2) is 6.52. The Balaban J connectivity index is 1.94. The smallest absolute Gasteiger partial charge is 0.266 e. The minimum absolute atomic E-state index is 0.123. The van der Waals surface area contributed by atoms with Crippen LogP contribution in [0.25, 0.3) is 0 Å². The van der Waals surface area contributed by atoms with Gasteiger partial charge in [0.15, 0.2) is 0 Å². The van der Waals surface area contributed by atoms with E-state index in [1.165, 1.54) is 27.6 Å². The lowest BCUT2D eigenvalue weighted by Crippen LogP contribution is -2.22. The van der Waals surface area contributed by atoms with Crippen molar-refractivity contribution in [2.24, 2.45) is 0 Å². The number of amides is 2. The van der Waals surface area contributed by atoms with E-state index < -0.39 is 0 Å². The van der Waals surface area contributed by atoms with Crippen molar-refractivity contribution in [2.75, 3.05) is 12.4 Å². The highest BCUT2D eigenvalue weighted by Crippen LogP contribution is 2.38. The zero-order valence-corrected chi connectivity index (χ0v) is 15.2. The van der Waals surface area contributed by atoms with Crippen LogP contribution in [0.1, 0.15) is 43.3 Å². The first-order valence-electron chi connectivity index (χ1n) is 7.03. The summed E-state index contributed by atoms with van der Waals surface area (Å²) in [6, 6.07) is 3.62. The van der Waals surface area contributed by atoms with E-state index in [0.29, 0.717) is 15.4 Å². The van der Waals surface area contributed by atoms with Gasteiger partial charge in [-0.1, -0.05) is 0 Å². The van der Waals surface area contributed by atoms with Crippen LogP contribution in [-0.4, -0.2) is 18.9 Å². The number of aryl methyl sites for hydroxylation is 1. The van der Waals surface area contributed by atoms with E-state index >= 15 is 0 Å². The minimum atomic E-state index is -0.167. The van der Waals surface area contributed by atoms with Gasteiger partial charge in [-0.05, 0) is 59.3 Å². The van der Waals surface area contributed by atoms with Crippen LogP contribution < -0.4 is 10.6 Å². The van der Waals surface area contributed by atoms with Crippen molar-refractivity contribution in [3.8, 4) is 0 Å². The SMILES string of the molecule is CNC(=O)c1c(NC(=O)c2ccc(Br)s2)sc2c1CCCC2. The van der Waals surface area contributed by atoms with E-state index in [1.54, 1.807) is 13.1 Å². The fourth-order valence-corrected chi connectivity index (χ4v) is 5.18. The topological polar surface area (TPSA) is 58.2 Å². The standard InChI is InChI=1S/C15H15BrN2O2S2/c1-17-14(20)12-8-4-2-3-5-9(8)22-15(12)18-13(19)10-6-7-11(16)21-10/h6-7H,2-5H2,1H3,(H,17,20)(H,18,19). The summed E-state index contributed by atoms with van der Waals surface area (Å²) in [4.78, 5) is 26.4. The van der Waals surface area contributed by atoms with Crippen molar-refractivity contribution in [2.45, 2.75) is 25.7 Å². The van der Waals surface area contributed by atoms with Crippen molar-refractivity contribution in [3.63, 3.8) is 0 Å². The Morgan fingerprint density at radius 2 is 1.91 bits per heavy atom. The molecule has 0 aromatic carbocycles. The molecule has 0 saturated carbocycles. The summed E-state index contributed by atoms with van der Waals surface area (Å²) in [6.07, 6.45) is 4.14. The maximum Gasteiger partial charge on any atom is 0.266 e. The summed E-state index contributed by atoms with van der Waals surface area (Å²) in [5.74, 6) is -0.290. The average Bonchev–Trinajstić information content (AvgIpc) is 3.09. The summed E-state index contributed by atoms with van der Waals surface area (Å²) in [7, 11) is 1.62.